The molecule has 1 aromatic carbocycles. The lowest BCUT2D eigenvalue weighted by molar-refractivity contribution is -0.126. The van der Waals surface area contributed by atoms with Crippen molar-refractivity contribution in [2.75, 3.05) is 13.1 Å². The van der Waals surface area contributed by atoms with E-state index in [0.29, 0.717) is 6.54 Å². The summed E-state index contributed by atoms with van der Waals surface area (Å²) >= 11 is 0. The van der Waals surface area contributed by atoms with Gasteiger partial charge >= 0.3 is 0 Å². The number of nitrogens with two attached hydrogens (primary N) is 1. The third kappa shape index (κ3) is 5.85. The van der Waals surface area contributed by atoms with Crippen LogP contribution in [-0.2, 0) is 17.9 Å². The summed E-state index contributed by atoms with van der Waals surface area (Å²) in [6, 6.07) is 8.46. The molecule has 0 radical (unpaired) electrons. The third-order valence-electron chi connectivity index (χ3n) is 5.78. The lowest BCUT2D eigenvalue weighted by Gasteiger charge is -2.31. The molecule has 0 atom stereocenters. The van der Waals surface area contributed by atoms with E-state index in [1.807, 2.05) is 0 Å². The van der Waals surface area contributed by atoms with Crippen LogP contribution in [0.15, 0.2) is 24.3 Å². The largest absolute Gasteiger partial charge is 0.350 e. The van der Waals surface area contributed by atoms with E-state index in [4.69, 9.17) is 5.73 Å². The molecule has 3 N–H and O–H groups in total. The molecule has 1 heterocycles. The van der Waals surface area contributed by atoms with Crippen LogP contribution in [0.2, 0.25) is 0 Å². The summed E-state index contributed by atoms with van der Waals surface area (Å²) in [5.74, 6) is 0.865. The summed E-state index contributed by atoms with van der Waals surface area (Å²) in [6.07, 6.45) is 6.32. The highest BCUT2D eigenvalue weighted by molar-refractivity contribution is 5.86. The lowest BCUT2D eigenvalue weighted by Crippen LogP contribution is -2.51. The average Bonchev–Trinajstić information content (AvgIpc) is 3.04. The van der Waals surface area contributed by atoms with E-state index in [2.05, 4.69) is 41.4 Å². The fraction of sp³-hybridized carbons (Fsp3) is 0.650. The van der Waals surface area contributed by atoms with Crippen molar-refractivity contribution in [3.8, 4) is 0 Å². The summed E-state index contributed by atoms with van der Waals surface area (Å²) in [4.78, 5) is 15.0. The molecule has 0 spiro atoms. The number of rotatable bonds is 5. The number of nitrogens with one attached hydrogen (secondary N) is 1. The Morgan fingerprint density at radius 1 is 1.15 bits per heavy atom. The molecule has 1 saturated heterocycles. The molecule has 1 amide bonds. The number of carbonyl (C=O) groups excluding carboxylic acids is 1. The smallest absolute Gasteiger partial charge is 0.240 e. The van der Waals surface area contributed by atoms with Gasteiger partial charge in [0.25, 0.3) is 0 Å². The highest BCUT2D eigenvalue weighted by atomic mass is 35.5. The second kappa shape index (κ2) is 10.5. The second-order valence-electron chi connectivity index (χ2n) is 7.77. The molecule has 2 fully saturated rings. The van der Waals surface area contributed by atoms with E-state index in [1.165, 1.54) is 37.1 Å². The van der Waals surface area contributed by atoms with Crippen molar-refractivity contribution in [3.63, 3.8) is 0 Å². The summed E-state index contributed by atoms with van der Waals surface area (Å²) < 4.78 is 0. The van der Waals surface area contributed by atoms with E-state index in [9.17, 15) is 4.79 Å². The fourth-order valence-electron chi connectivity index (χ4n) is 3.93. The van der Waals surface area contributed by atoms with Gasteiger partial charge < -0.3 is 11.1 Å². The Hall–Kier alpha value is -0.810. The second-order valence-corrected chi connectivity index (χ2v) is 7.77. The van der Waals surface area contributed by atoms with Crippen molar-refractivity contribution in [1.82, 2.24) is 10.2 Å². The molecule has 1 aliphatic heterocycles. The minimum atomic E-state index is -0.641. The third-order valence-corrected chi connectivity index (χ3v) is 5.78. The standard InChI is InChI=1S/C20H31N3O.2ClH/c1-16-8-12-23(13-9-16)15-18-7-3-2-6-17(18)14-22-19(24)20(21)10-4-5-11-20;;/h2-3,6-7,16H,4-5,8-15,21H2,1H3,(H,22,24);2*1H. The van der Waals surface area contributed by atoms with Crippen LogP contribution in [0, 0.1) is 5.92 Å². The molecule has 3 rings (SSSR count). The maximum atomic E-state index is 12.4. The first kappa shape index (κ1) is 23.2. The highest BCUT2D eigenvalue weighted by Gasteiger charge is 2.36. The number of amides is 1. The minimum absolute atomic E-state index is 0. The van der Waals surface area contributed by atoms with Crippen molar-refractivity contribution in [1.29, 1.82) is 0 Å². The Balaban J connectivity index is 0.00000169. The molecular formula is C20H33Cl2N3O. The van der Waals surface area contributed by atoms with Crippen LogP contribution < -0.4 is 11.1 Å². The molecule has 0 bridgehead atoms. The summed E-state index contributed by atoms with van der Waals surface area (Å²) in [5, 5.41) is 3.08. The van der Waals surface area contributed by atoms with Gasteiger partial charge in [0, 0.05) is 13.1 Å². The van der Waals surface area contributed by atoms with Gasteiger partial charge in [-0.05, 0) is 55.8 Å². The number of likely N-dealkylation sites (tertiary alicyclic amines) is 1. The molecular weight excluding hydrogens is 369 g/mol. The quantitative estimate of drug-likeness (QED) is 0.791. The predicted octanol–water partition coefficient (Wildman–Crippen LogP) is 3.65. The van der Waals surface area contributed by atoms with Gasteiger partial charge in [-0.2, -0.15) is 0 Å². The Kier molecular flexibility index (Phi) is 9.39. The van der Waals surface area contributed by atoms with Gasteiger partial charge in [-0.3, -0.25) is 9.69 Å². The average molecular weight is 402 g/mol. The SMILES string of the molecule is CC1CCN(Cc2ccccc2CNC(=O)C2(N)CCCC2)CC1.Cl.Cl. The normalized spacial score (nSPS) is 20.1. The van der Waals surface area contributed by atoms with Gasteiger partial charge in [0.05, 0.1) is 5.54 Å². The number of carbonyl (C=O) groups is 1. The van der Waals surface area contributed by atoms with Crippen LogP contribution in [0.4, 0.5) is 0 Å². The fourth-order valence-corrected chi connectivity index (χ4v) is 3.93. The Morgan fingerprint density at radius 2 is 1.73 bits per heavy atom. The molecule has 1 saturated carbocycles. The topological polar surface area (TPSA) is 58.4 Å². The van der Waals surface area contributed by atoms with E-state index in [0.717, 1.165) is 38.1 Å². The van der Waals surface area contributed by atoms with Gasteiger partial charge in [-0.25, -0.2) is 0 Å². The number of piperidine rings is 1. The van der Waals surface area contributed by atoms with Gasteiger partial charge in [0.2, 0.25) is 5.91 Å². The maximum Gasteiger partial charge on any atom is 0.240 e. The van der Waals surface area contributed by atoms with E-state index < -0.39 is 5.54 Å². The van der Waals surface area contributed by atoms with Gasteiger partial charge in [0.1, 0.15) is 0 Å². The first-order chi connectivity index (χ1) is 11.6. The molecule has 2 aliphatic rings. The summed E-state index contributed by atoms with van der Waals surface area (Å²) in [7, 11) is 0. The van der Waals surface area contributed by atoms with Crippen LogP contribution >= 0.6 is 24.8 Å². The maximum absolute atomic E-state index is 12.4. The number of benzene rings is 1. The number of hydrogen-bond acceptors (Lipinski definition) is 3. The zero-order valence-electron chi connectivity index (χ0n) is 15.7. The monoisotopic (exact) mass is 401 g/mol. The van der Waals surface area contributed by atoms with Crippen LogP contribution in [0.25, 0.3) is 0 Å². The van der Waals surface area contributed by atoms with E-state index >= 15 is 0 Å². The zero-order valence-corrected chi connectivity index (χ0v) is 17.3. The predicted molar refractivity (Wildman–Crippen MR) is 112 cm³/mol. The van der Waals surface area contributed by atoms with Crippen molar-refractivity contribution >= 4 is 30.7 Å². The Morgan fingerprint density at radius 3 is 2.35 bits per heavy atom. The number of hydrogen-bond donors (Lipinski definition) is 2. The van der Waals surface area contributed by atoms with Crippen LogP contribution in [-0.4, -0.2) is 29.4 Å². The van der Waals surface area contributed by atoms with Crippen molar-refractivity contribution in [3.05, 3.63) is 35.4 Å². The lowest BCUT2D eigenvalue weighted by atomic mass is 9.97. The Bertz CT molecular complexity index is 568. The molecule has 1 aromatic rings. The van der Waals surface area contributed by atoms with Crippen molar-refractivity contribution < 1.29 is 4.79 Å². The first-order valence-electron chi connectivity index (χ1n) is 9.43. The highest BCUT2D eigenvalue weighted by Crippen LogP contribution is 2.27. The zero-order chi connectivity index (χ0) is 17.0. The molecule has 26 heavy (non-hydrogen) atoms. The summed E-state index contributed by atoms with van der Waals surface area (Å²) in [5.41, 5.74) is 8.14. The first-order valence-corrected chi connectivity index (χ1v) is 9.43. The van der Waals surface area contributed by atoms with Crippen molar-refractivity contribution in [2.45, 2.75) is 64.1 Å². The molecule has 1 aliphatic carbocycles. The van der Waals surface area contributed by atoms with Crippen LogP contribution in [0.1, 0.15) is 56.6 Å². The van der Waals surface area contributed by atoms with E-state index in [1.54, 1.807) is 0 Å². The molecule has 0 unspecified atom stereocenters. The van der Waals surface area contributed by atoms with Crippen LogP contribution in [0.5, 0.6) is 0 Å². The molecule has 6 heteroatoms. The molecule has 0 aromatic heterocycles. The van der Waals surface area contributed by atoms with Gasteiger partial charge in [-0.1, -0.05) is 44.0 Å². The molecule has 148 valence electrons. The van der Waals surface area contributed by atoms with Gasteiger partial charge in [0.15, 0.2) is 0 Å². The van der Waals surface area contributed by atoms with E-state index in [-0.39, 0.29) is 30.7 Å². The number of nitrogens with zero attached hydrogens (tertiary/aromatic N) is 1. The van der Waals surface area contributed by atoms with Gasteiger partial charge in [-0.15, -0.1) is 24.8 Å². The Labute approximate surface area is 170 Å². The van der Waals surface area contributed by atoms with Crippen LogP contribution in [0.3, 0.4) is 0 Å². The summed E-state index contributed by atoms with van der Waals surface area (Å²) in [6.45, 7) is 6.25. The number of halogens is 2. The minimum Gasteiger partial charge on any atom is -0.350 e. The molecule has 4 nitrogen and oxygen atoms in total. The van der Waals surface area contributed by atoms with Crippen molar-refractivity contribution in [2.24, 2.45) is 11.7 Å².